The molecule has 1 aliphatic rings. The first kappa shape index (κ1) is 23.4. The van der Waals surface area contributed by atoms with E-state index in [0.29, 0.717) is 41.2 Å². The fourth-order valence-corrected chi connectivity index (χ4v) is 4.63. The molecular formula is C25H28FN3O3S. The van der Waals surface area contributed by atoms with Gasteiger partial charge in [-0.15, -0.1) is 0 Å². The molecule has 1 aromatic heterocycles. The van der Waals surface area contributed by atoms with Crippen molar-refractivity contribution in [3.05, 3.63) is 70.3 Å². The van der Waals surface area contributed by atoms with Crippen molar-refractivity contribution < 1.29 is 13.9 Å². The Morgan fingerprint density at radius 2 is 1.94 bits per heavy atom. The summed E-state index contributed by atoms with van der Waals surface area (Å²) in [4.78, 5) is 31.2. The molecule has 1 heterocycles. The average molecular weight is 470 g/mol. The minimum absolute atomic E-state index is 0.110. The molecule has 0 bridgehead atoms. The van der Waals surface area contributed by atoms with Crippen molar-refractivity contribution in [1.82, 2.24) is 14.9 Å². The highest BCUT2D eigenvalue weighted by atomic mass is 32.2. The van der Waals surface area contributed by atoms with Crippen molar-refractivity contribution in [3.63, 3.8) is 0 Å². The van der Waals surface area contributed by atoms with Gasteiger partial charge in [0.25, 0.3) is 5.56 Å². The zero-order chi connectivity index (χ0) is 23.4. The van der Waals surface area contributed by atoms with Crippen LogP contribution in [0.3, 0.4) is 0 Å². The van der Waals surface area contributed by atoms with Crippen molar-refractivity contribution in [2.45, 2.75) is 62.2 Å². The zero-order valence-corrected chi connectivity index (χ0v) is 19.6. The predicted octanol–water partition coefficient (Wildman–Crippen LogP) is 4.46. The van der Waals surface area contributed by atoms with Gasteiger partial charge < -0.3 is 10.1 Å². The second kappa shape index (κ2) is 10.5. The normalized spacial score (nSPS) is 14.5. The van der Waals surface area contributed by atoms with Gasteiger partial charge in [-0.2, -0.15) is 0 Å². The third-order valence-corrected chi connectivity index (χ3v) is 6.61. The van der Waals surface area contributed by atoms with E-state index in [1.54, 1.807) is 28.8 Å². The molecule has 4 rings (SSSR count). The SMILES string of the molecule is CC(C)OCCCn1c(SC(C(=O)NC2CC2)c2ccc(F)cc2)nc2ccccc2c1=O. The van der Waals surface area contributed by atoms with Gasteiger partial charge in [0.1, 0.15) is 11.1 Å². The second-order valence-electron chi connectivity index (χ2n) is 8.47. The monoisotopic (exact) mass is 469 g/mol. The van der Waals surface area contributed by atoms with Crippen LogP contribution in [-0.2, 0) is 16.1 Å². The fraction of sp³-hybridized carbons (Fsp3) is 0.400. The van der Waals surface area contributed by atoms with Gasteiger partial charge in [-0.05, 0) is 62.9 Å². The van der Waals surface area contributed by atoms with Gasteiger partial charge in [0, 0.05) is 19.2 Å². The first-order valence-corrected chi connectivity index (χ1v) is 12.1. The van der Waals surface area contributed by atoms with Crippen LogP contribution in [0.15, 0.2) is 58.5 Å². The summed E-state index contributed by atoms with van der Waals surface area (Å²) in [5.41, 5.74) is 1.10. The summed E-state index contributed by atoms with van der Waals surface area (Å²) in [5, 5.41) is 3.38. The number of benzene rings is 2. The van der Waals surface area contributed by atoms with E-state index in [-0.39, 0.29) is 29.4 Å². The zero-order valence-electron chi connectivity index (χ0n) is 18.8. The molecule has 3 aromatic rings. The third kappa shape index (κ3) is 6.00. The number of carbonyl (C=O) groups is 1. The summed E-state index contributed by atoms with van der Waals surface area (Å²) in [6, 6.07) is 13.3. The molecule has 2 aromatic carbocycles. The van der Waals surface area contributed by atoms with E-state index >= 15 is 0 Å². The van der Waals surface area contributed by atoms with Crippen LogP contribution in [0.4, 0.5) is 4.39 Å². The molecule has 0 aliphatic heterocycles. The lowest BCUT2D eigenvalue weighted by Crippen LogP contribution is -2.31. The molecule has 0 spiro atoms. The lowest BCUT2D eigenvalue weighted by molar-refractivity contribution is -0.120. The number of thioether (sulfide) groups is 1. The van der Waals surface area contributed by atoms with Crippen molar-refractivity contribution >= 4 is 28.6 Å². The van der Waals surface area contributed by atoms with E-state index in [1.165, 1.54) is 23.9 Å². The van der Waals surface area contributed by atoms with Gasteiger partial charge in [-0.25, -0.2) is 9.37 Å². The molecule has 8 heteroatoms. The quantitative estimate of drug-likeness (QED) is 0.270. The number of para-hydroxylation sites is 1. The number of rotatable bonds is 10. The molecule has 174 valence electrons. The number of hydrogen-bond acceptors (Lipinski definition) is 5. The maximum absolute atomic E-state index is 13.5. The molecule has 1 fully saturated rings. The van der Waals surface area contributed by atoms with Crippen LogP contribution < -0.4 is 10.9 Å². The number of fused-ring (bicyclic) bond motifs is 1. The van der Waals surface area contributed by atoms with Crippen LogP contribution in [0.1, 0.15) is 43.9 Å². The van der Waals surface area contributed by atoms with Crippen LogP contribution in [0.2, 0.25) is 0 Å². The lowest BCUT2D eigenvalue weighted by atomic mass is 10.1. The van der Waals surface area contributed by atoms with Crippen LogP contribution in [0.5, 0.6) is 0 Å². The molecule has 1 unspecified atom stereocenters. The van der Waals surface area contributed by atoms with Gasteiger partial charge >= 0.3 is 0 Å². The third-order valence-electron chi connectivity index (χ3n) is 5.36. The predicted molar refractivity (Wildman–Crippen MR) is 128 cm³/mol. The minimum Gasteiger partial charge on any atom is -0.379 e. The summed E-state index contributed by atoms with van der Waals surface area (Å²) in [5.74, 6) is -0.526. The van der Waals surface area contributed by atoms with E-state index in [1.807, 2.05) is 26.0 Å². The Hall–Kier alpha value is -2.71. The Labute approximate surface area is 196 Å². The number of nitrogens with zero attached hydrogens (tertiary/aromatic N) is 2. The van der Waals surface area contributed by atoms with Gasteiger partial charge in [0.2, 0.25) is 5.91 Å². The van der Waals surface area contributed by atoms with Crippen molar-refractivity contribution in [2.75, 3.05) is 6.61 Å². The maximum atomic E-state index is 13.5. The number of amides is 1. The number of carbonyl (C=O) groups excluding carboxylic acids is 1. The van der Waals surface area contributed by atoms with E-state index in [2.05, 4.69) is 5.32 Å². The van der Waals surface area contributed by atoms with E-state index in [4.69, 9.17) is 9.72 Å². The van der Waals surface area contributed by atoms with Crippen LogP contribution in [0, 0.1) is 5.82 Å². The molecule has 6 nitrogen and oxygen atoms in total. The maximum Gasteiger partial charge on any atom is 0.262 e. The van der Waals surface area contributed by atoms with Gasteiger partial charge in [-0.1, -0.05) is 36.0 Å². The molecule has 1 aliphatic carbocycles. The average Bonchev–Trinajstić information content (AvgIpc) is 3.61. The molecule has 0 saturated heterocycles. The van der Waals surface area contributed by atoms with Gasteiger partial charge in [0.05, 0.1) is 17.0 Å². The van der Waals surface area contributed by atoms with Gasteiger partial charge in [0.15, 0.2) is 5.16 Å². The second-order valence-corrected chi connectivity index (χ2v) is 9.55. The first-order valence-electron chi connectivity index (χ1n) is 11.3. The highest BCUT2D eigenvalue weighted by Gasteiger charge is 2.30. The summed E-state index contributed by atoms with van der Waals surface area (Å²) < 4.78 is 20.8. The Balaban J connectivity index is 1.69. The largest absolute Gasteiger partial charge is 0.379 e. The van der Waals surface area contributed by atoms with Gasteiger partial charge in [-0.3, -0.25) is 14.2 Å². The number of aromatic nitrogens is 2. The van der Waals surface area contributed by atoms with E-state index in [9.17, 15) is 14.0 Å². The topological polar surface area (TPSA) is 73.2 Å². The van der Waals surface area contributed by atoms with Crippen molar-refractivity contribution in [1.29, 1.82) is 0 Å². The van der Waals surface area contributed by atoms with Crippen LogP contribution in [-0.4, -0.2) is 34.2 Å². The molecule has 1 saturated carbocycles. The number of ether oxygens (including phenoxy) is 1. The molecule has 33 heavy (non-hydrogen) atoms. The summed E-state index contributed by atoms with van der Waals surface area (Å²) >= 11 is 1.22. The smallest absolute Gasteiger partial charge is 0.262 e. The highest BCUT2D eigenvalue weighted by Crippen LogP contribution is 2.36. The number of halogens is 1. The van der Waals surface area contributed by atoms with Crippen LogP contribution in [0.25, 0.3) is 10.9 Å². The summed E-state index contributed by atoms with van der Waals surface area (Å²) in [6.45, 7) is 4.88. The van der Waals surface area contributed by atoms with Crippen molar-refractivity contribution in [3.8, 4) is 0 Å². The minimum atomic E-state index is -0.655. The fourth-order valence-electron chi connectivity index (χ4n) is 3.50. The molecule has 1 amide bonds. The molecule has 1 atom stereocenters. The highest BCUT2D eigenvalue weighted by molar-refractivity contribution is 8.00. The molecular weight excluding hydrogens is 441 g/mol. The Bertz CT molecular complexity index is 1180. The Morgan fingerprint density at radius 1 is 1.21 bits per heavy atom. The Kier molecular flexibility index (Phi) is 7.45. The Morgan fingerprint density at radius 3 is 2.64 bits per heavy atom. The standard InChI is InChI=1S/C25H28FN3O3S/c1-16(2)32-15-5-14-29-24(31)20-6-3-4-7-21(20)28-25(29)33-22(23(30)27-19-12-13-19)17-8-10-18(26)11-9-17/h3-4,6-11,16,19,22H,5,12-15H2,1-2H3,(H,27,30). The van der Waals surface area contributed by atoms with Crippen molar-refractivity contribution in [2.24, 2.45) is 0 Å². The van der Waals surface area contributed by atoms with E-state index in [0.717, 1.165) is 12.8 Å². The summed E-state index contributed by atoms with van der Waals surface area (Å²) in [6.07, 6.45) is 2.67. The van der Waals surface area contributed by atoms with Crippen LogP contribution >= 0.6 is 11.8 Å². The number of nitrogens with one attached hydrogen (secondary N) is 1. The number of hydrogen-bond donors (Lipinski definition) is 1. The molecule has 1 N–H and O–H groups in total. The first-order chi connectivity index (χ1) is 15.9. The summed E-state index contributed by atoms with van der Waals surface area (Å²) in [7, 11) is 0. The molecule has 0 radical (unpaired) electrons. The lowest BCUT2D eigenvalue weighted by Gasteiger charge is -2.19. The van der Waals surface area contributed by atoms with E-state index < -0.39 is 5.25 Å².